The van der Waals surface area contributed by atoms with Crippen molar-refractivity contribution in [2.24, 2.45) is 5.73 Å². The molecule has 2 N–H and O–H groups in total. The average Bonchev–Trinajstić information content (AvgIpc) is 2.52. The third-order valence-electron chi connectivity index (χ3n) is 2.50. The summed E-state index contributed by atoms with van der Waals surface area (Å²) in [6, 6.07) is 6.33. The molecule has 2 rings (SSSR count). The number of hydrogen-bond acceptors (Lipinski definition) is 4. The van der Waals surface area contributed by atoms with Crippen LogP contribution in [-0.2, 0) is 16.1 Å². The van der Waals surface area contributed by atoms with Gasteiger partial charge < -0.3 is 19.9 Å². The zero-order chi connectivity index (χ0) is 12.3. The van der Waals surface area contributed by atoms with Crippen molar-refractivity contribution < 1.29 is 19.0 Å². The van der Waals surface area contributed by atoms with E-state index in [0.29, 0.717) is 31.1 Å². The van der Waals surface area contributed by atoms with Crippen LogP contribution in [0, 0.1) is 6.07 Å². The van der Waals surface area contributed by atoms with E-state index >= 15 is 0 Å². The molecule has 0 fully saturated rings. The number of benzene rings is 1. The van der Waals surface area contributed by atoms with Crippen LogP contribution in [0.4, 0.5) is 0 Å². The van der Waals surface area contributed by atoms with Crippen molar-refractivity contribution in [3.05, 3.63) is 23.8 Å². The molecule has 0 bridgehead atoms. The minimum atomic E-state index is -0.651. The molecule has 5 nitrogen and oxygen atoms in total. The molecule has 5 heteroatoms. The summed E-state index contributed by atoms with van der Waals surface area (Å²) in [6.07, 6.45) is -0.210. The lowest BCUT2D eigenvalue weighted by molar-refractivity contribution is -0.124. The number of hydrogen-bond donors (Lipinski definition) is 1. The molecule has 17 heavy (non-hydrogen) atoms. The Morgan fingerprint density at radius 2 is 2.47 bits per heavy atom. The maximum atomic E-state index is 11.1. The molecule has 1 heterocycles. The van der Waals surface area contributed by atoms with Gasteiger partial charge in [0.15, 0.2) is 17.6 Å². The van der Waals surface area contributed by atoms with Gasteiger partial charge in [-0.15, -0.1) is 0 Å². The van der Waals surface area contributed by atoms with Crippen molar-refractivity contribution in [2.75, 3.05) is 13.7 Å². The van der Waals surface area contributed by atoms with Crippen LogP contribution >= 0.6 is 0 Å². The zero-order valence-corrected chi connectivity index (χ0v) is 9.56. The average molecular weight is 236 g/mol. The first-order valence-electron chi connectivity index (χ1n) is 5.33. The summed E-state index contributed by atoms with van der Waals surface area (Å²) in [6.45, 7) is 0.797. The van der Waals surface area contributed by atoms with Crippen molar-refractivity contribution in [2.45, 2.75) is 19.1 Å². The summed E-state index contributed by atoms with van der Waals surface area (Å²) in [4.78, 5) is 11.1. The van der Waals surface area contributed by atoms with E-state index in [1.54, 1.807) is 19.2 Å². The maximum Gasteiger partial charge on any atom is 0.258 e. The number of fused-ring (bicyclic) bond motifs is 1. The minimum absolute atomic E-state index is 0.390. The molecule has 0 aliphatic carbocycles. The number of ether oxygens (including phenoxy) is 3. The first-order chi connectivity index (χ1) is 8.22. The van der Waals surface area contributed by atoms with Crippen LogP contribution in [0.3, 0.4) is 0 Å². The van der Waals surface area contributed by atoms with Gasteiger partial charge in [0.2, 0.25) is 0 Å². The smallest absolute Gasteiger partial charge is 0.258 e. The molecule has 1 aromatic carbocycles. The van der Waals surface area contributed by atoms with E-state index in [1.165, 1.54) is 0 Å². The van der Waals surface area contributed by atoms with Crippen LogP contribution in [0.5, 0.6) is 11.5 Å². The van der Waals surface area contributed by atoms with Gasteiger partial charge in [0, 0.05) is 19.1 Å². The predicted octanol–water partition coefficient (Wildman–Crippen LogP) is 0.648. The molecule has 91 valence electrons. The SMILES string of the molecule is COCc1c[c]cc2c1OCCC(C(N)=O)O2. The quantitative estimate of drug-likeness (QED) is 0.836. The van der Waals surface area contributed by atoms with Gasteiger partial charge in [0.05, 0.1) is 13.2 Å². The Hall–Kier alpha value is -1.75. The maximum absolute atomic E-state index is 11.1. The lowest BCUT2D eigenvalue weighted by atomic mass is 10.2. The van der Waals surface area contributed by atoms with Crippen LogP contribution < -0.4 is 15.2 Å². The highest BCUT2D eigenvalue weighted by Crippen LogP contribution is 2.34. The van der Waals surface area contributed by atoms with Gasteiger partial charge in [-0.1, -0.05) is 0 Å². The number of nitrogens with two attached hydrogens (primary N) is 1. The van der Waals surface area contributed by atoms with Crippen LogP contribution in [-0.4, -0.2) is 25.7 Å². The van der Waals surface area contributed by atoms with E-state index in [-0.39, 0.29) is 0 Å². The molecule has 1 radical (unpaired) electrons. The Kier molecular flexibility index (Phi) is 3.49. The summed E-state index contributed by atoms with van der Waals surface area (Å²) < 4.78 is 16.2. The summed E-state index contributed by atoms with van der Waals surface area (Å²) in [5, 5.41) is 0. The molecule has 1 aliphatic heterocycles. The zero-order valence-electron chi connectivity index (χ0n) is 9.56. The number of carbonyl (C=O) groups excluding carboxylic acids is 1. The third-order valence-corrected chi connectivity index (χ3v) is 2.50. The monoisotopic (exact) mass is 236 g/mol. The second-order valence-electron chi connectivity index (χ2n) is 3.75. The minimum Gasteiger partial charge on any atom is -0.489 e. The Morgan fingerprint density at radius 3 is 3.18 bits per heavy atom. The van der Waals surface area contributed by atoms with E-state index in [1.807, 2.05) is 0 Å². The van der Waals surface area contributed by atoms with Crippen molar-refractivity contribution in [1.29, 1.82) is 0 Å². The highest BCUT2D eigenvalue weighted by molar-refractivity contribution is 5.79. The lowest BCUT2D eigenvalue weighted by Gasteiger charge is -2.13. The largest absolute Gasteiger partial charge is 0.489 e. The Labute approximate surface area is 99.5 Å². The topological polar surface area (TPSA) is 70.8 Å². The molecule has 1 aromatic rings. The first kappa shape index (κ1) is 11.7. The Morgan fingerprint density at radius 1 is 1.65 bits per heavy atom. The summed E-state index contributed by atoms with van der Waals surface area (Å²) >= 11 is 0. The van der Waals surface area contributed by atoms with Gasteiger partial charge in [0.1, 0.15) is 0 Å². The number of amides is 1. The highest BCUT2D eigenvalue weighted by atomic mass is 16.5. The number of carbonyl (C=O) groups is 1. The number of rotatable bonds is 3. The van der Waals surface area contributed by atoms with Crippen molar-refractivity contribution in [1.82, 2.24) is 0 Å². The molecule has 1 amide bonds. The van der Waals surface area contributed by atoms with Crippen molar-refractivity contribution in [3.8, 4) is 11.5 Å². The molecule has 0 spiro atoms. The van der Waals surface area contributed by atoms with Crippen molar-refractivity contribution in [3.63, 3.8) is 0 Å². The van der Waals surface area contributed by atoms with E-state index in [4.69, 9.17) is 19.9 Å². The fourth-order valence-corrected chi connectivity index (χ4v) is 1.70. The van der Waals surface area contributed by atoms with E-state index in [0.717, 1.165) is 5.56 Å². The van der Waals surface area contributed by atoms with Gasteiger partial charge in [-0.05, 0) is 18.2 Å². The molecule has 1 aliphatic rings. The van der Waals surface area contributed by atoms with E-state index in [2.05, 4.69) is 6.07 Å². The van der Waals surface area contributed by atoms with Gasteiger partial charge in [-0.25, -0.2) is 0 Å². The van der Waals surface area contributed by atoms with Gasteiger partial charge in [-0.2, -0.15) is 0 Å². The predicted molar refractivity (Wildman–Crippen MR) is 59.7 cm³/mol. The first-order valence-corrected chi connectivity index (χ1v) is 5.33. The van der Waals surface area contributed by atoms with Crippen LogP contribution in [0.25, 0.3) is 0 Å². The Bertz CT molecular complexity index is 419. The number of primary amides is 1. The van der Waals surface area contributed by atoms with Crippen molar-refractivity contribution >= 4 is 5.91 Å². The van der Waals surface area contributed by atoms with E-state index < -0.39 is 12.0 Å². The summed E-state index contributed by atoms with van der Waals surface area (Å²) in [7, 11) is 1.60. The Balaban J connectivity index is 2.30. The third kappa shape index (κ3) is 2.50. The van der Waals surface area contributed by atoms with Gasteiger partial charge in [-0.3, -0.25) is 4.79 Å². The molecule has 0 saturated heterocycles. The summed E-state index contributed by atoms with van der Waals surface area (Å²) in [5.41, 5.74) is 6.08. The molecular weight excluding hydrogens is 222 g/mol. The fraction of sp³-hybridized carbons (Fsp3) is 0.417. The van der Waals surface area contributed by atoms with Crippen LogP contribution in [0.15, 0.2) is 12.1 Å². The lowest BCUT2D eigenvalue weighted by Crippen LogP contribution is -2.33. The van der Waals surface area contributed by atoms with E-state index in [9.17, 15) is 4.79 Å². The van der Waals surface area contributed by atoms with Crippen LogP contribution in [0.1, 0.15) is 12.0 Å². The van der Waals surface area contributed by atoms with Gasteiger partial charge >= 0.3 is 0 Å². The standard InChI is InChI=1S/C12H14NO4/c1-15-7-8-3-2-4-9-11(8)16-6-5-10(17-9)12(13)14/h3-4,10H,5-7H2,1H3,(H2,13,14). The molecule has 1 unspecified atom stereocenters. The second-order valence-corrected chi connectivity index (χ2v) is 3.75. The fourth-order valence-electron chi connectivity index (χ4n) is 1.70. The van der Waals surface area contributed by atoms with Gasteiger partial charge in [0.25, 0.3) is 5.91 Å². The highest BCUT2D eigenvalue weighted by Gasteiger charge is 2.24. The van der Waals surface area contributed by atoms with Crippen LogP contribution in [0.2, 0.25) is 0 Å². The molecule has 1 atom stereocenters. The normalized spacial score (nSPS) is 18.5. The molecule has 0 saturated carbocycles. The second kappa shape index (κ2) is 5.05. The number of methoxy groups -OCH3 is 1. The molecule has 0 aromatic heterocycles. The summed E-state index contributed by atoms with van der Waals surface area (Å²) in [5.74, 6) is 0.605. The molecular formula is C12H14NO4.